The molecule has 0 aromatic heterocycles. The zero-order chi connectivity index (χ0) is 38.9. The van der Waals surface area contributed by atoms with E-state index in [1.165, 1.54) is 13.8 Å². The first-order valence-corrected chi connectivity index (χ1v) is 19.7. The van der Waals surface area contributed by atoms with Crippen molar-refractivity contribution in [3.8, 4) is 0 Å². The van der Waals surface area contributed by atoms with E-state index in [9.17, 15) is 0 Å². The van der Waals surface area contributed by atoms with Gasteiger partial charge in [-0.25, -0.2) is 19.6 Å². The van der Waals surface area contributed by atoms with Crippen molar-refractivity contribution in [1.82, 2.24) is 4.90 Å². The molecule has 16 atom stereocenters. The Labute approximate surface area is 312 Å². The van der Waals surface area contributed by atoms with Crippen LogP contribution < -0.4 is 0 Å². The Kier molecular flexibility index (Phi) is 9.67. The fraction of sp³-hybridized carbons (Fsp3) is 1.00. The van der Waals surface area contributed by atoms with Crippen molar-refractivity contribution in [2.75, 3.05) is 33.4 Å². The maximum Gasteiger partial charge on any atom is 0.443 e. The van der Waals surface area contributed by atoms with E-state index in [1.54, 1.807) is 25.8 Å². The molecule has 0 amide bonds. The van der Waals surface area contributed by atoms with Gasteiger partial charge >= 0.3 is 12.4 Å². The molecule has 2 aliphatic carbocycles. The third-order valence-electron chi connectivity index (χ3n) is 14.9. The van der Waals surface area contributed by atoms with Crippen molar-refractivity contribution >= 4 is 0 Å². The van der Waals surface area contributed by atoms with Crippen molar-refractivity contribution in [2.45, 2.75) is 152 Å². The van der Waals surface area contributed by atoms with E-state index in [0.29, 0.717) is 51.4 Å². The lowest BCUT2D eigenvalue weighted by molar-refractivity contribution is -0.599. The Balaban J connectivity index is 0.958. The lowest BCUT2D eigenvalue weighted by Gasteiger charge is -2.63. The van der Waals surface area contributed by atoms with Gasteiger partial charge in [0.15, 0.2) is 23.8 Å². The molecule has 0 radical (unpaired) electrons. The second kappa shape index (κ2) is 13.1. The van der Waals surface area contributed by atoms with Crippen molar-refractivity contribution in [2.24, 2.45) is 47.3 Å². The van der Waals surface area contributed by atoms with Gasteiger partial charge in [-0.2, -0.15) is 26.3 Å². The summed E-state index contributed by atoms with van der Waals surface area (Å²) in [6.07, 6.45) is -8.18. The number of alkyl halides is 6. The van der Waals surface area contributed by atoms with E-state index in [1.807, 2.05) is 0 Å². The molecule has 10 fully saturated rings. The number of halogens is 6. The number of hydrogen-bond donors (Lipinski definition) is 0. The first-order valence-electron chi connectivity index (χ1n) is 19.7. The van der Waals surface area contributed by atoms with Crippen molar-refractivity contribution in [3.63, 3.8) is 0 Å². The Bertz CT molecular complexity index is 1330. The van der Waals surface area contributed by atoms with Crippen LogP contribution >= 0.6 is 0 Å². The highest BCUT2D eigenvalue weighted by Gasteiger charge is 2.79. The summed E-state index contributed by atoms with van der Waals surface area (Å²) in [4.78, 5) is 25.1. The Hall–Kier alpha value is -0.860. The van der Waals surface area contributed by atoms with Crippen LogP contribution in [-0.2, 0) is 48.0 Å². The molecule has 0 aromatic carbocycles. The molecule has 8 aliphatic heterocycles. The average Bonchev–Trinajstić information content (AvgIpc) is 3.46. The number of ether oxygens (including phenoxy) is 6. The molecule has 10 rings (SSSR count). The van der Waals surface area contributed by atoms with Gasteiger partial charge in [-0.05, 0) is 83.1 Å². The van der Waals surface area contributed by atoms with E-state index in [-0.39, 0.29) is 36.8 Å². The zero-order valence-corrected chi connectivity index (χ0v) is 32.1. The molecule has 0 unspecified atom stereocenters. The van der Waals surface area contributed by atoms with Crippen LogP contribution in [0.5, 0.6) is 0 Å². The van der Waals surface area contributed by atoms with E-state index in [4.69, 9.17) is 48.0 Å². The molecule has 11 nitrogen and oxygen atoms in total. The molecule has 0 N–H and O–H groups in total. The van der Waals surface area contributed by atoms with Gasteiger partial charge in [0.05, 0.1) is 13.2 Å². The predicted octanol–water partition coefficient (Wildman–Crippen LogP) is 7.23. The molecule has 8 heterocycles. The molecule has 17 heteroatoms. The minimum Gasteiger partial charge on any atom is -0.341 e. The van der Waals surface area contributed by atoms with Gasteiger partial charge in [0.2, 0.25) is 11.6 Å². The molecule has 4 bridgehead atoms. The van der Waals surface area contributed by atoms with Crippen LogP contribution in [0.2, 0.25) is 0 Å². The molecule has 54 heavy (non-hydrogen) atoms. The van der Waals surface area contributed by atoms with Gasteiger partial charge in [0, 0.05) is 49.6 Å². The van der Waals surface area contributed by atoms with Crippen LogP contribution in [-0.4, -0.2) is 97.5 Å². The first-order chi connectivity index (χ1) is 25.2. The SMILES string of the molecule is C[C@@H]1CC[C@H]2[C@@H](C)[C@](OCCN(C)CCO[C@@]3(C(F)(F)F)O[C@@H]4O[C@@]5(C)CC[C@H]6[C@H](C)CC[C@@H]([C@H]3C)[C@@]46OO5)(C(F)(F)F)O[C@@H]3O[C@@]4(C)CC[C@@H]1[C@]32OO4. The van der Waals surface area contributed by atoms with Gasteiger partial charge in [-0.3, -0.25) is 0 Å². The summed E-state index contributed by atoms with van der Waals surface area (Å²) in [5.74, 6) is -12.2. The summed E-state index contributed by atoms with van der Waals surface area (Å²) in [5, 5.41) is 0. The largest absolute Gasteiger partial charge is 0.443 e. The third-order valence-corrected chi connectivity index (χ3v) is 14.9. The summed E-state index contributed by atoms with van der Waals surface area (Å²) in [5.41, 5.74) is -2.44. The fourth-order valence-corrected chi connectivity index (χ4v) is 11.8. The predicted molar refractivity (Wildman–Crippen MR) is 173 cm³/mol. The van der Waals surface area contributed by atoms with Gasteiger partial charge in [-0.1, -0.05) is 27.7 Å². The van der Waals surface area contributed by atoms with E-state index < -0.39 is 96.2 Å². The first kappa shape index (κ1) is 39.9. The molecular weight excluding hydrogens is 732 g/mol. The second-order valence-corrected chi connectivity index (χ2v) is 18.0. The highest BCUT2D eigenvalue weighted by molar-refractivity contribution is 5.14. The molecule has 2 saturated carbocycles. The Morgan fingerprint density at radius 3 is 1.31 bits per heavy atom. The van der Waals surface area contributed by atoms with Crippen LogP contribution in [0.25, 0.3) is 0 Å². The quantitative estimate of drug-likeness (QED) is 0.184. The van der Waals surface area contributed by atoms with Gasteiger partial charge in [0.1, 0.15) is 0 Å². The summed E-state index contributed by atoms with van der Waals surface area (Å²) >= 11 is 0. The number of fused-ring (bicyclic) bond motifs is 4. The van der Waals surface area contributed by atoms with Crippen LogP contribution in [0.4, 0.5) is 26.3 Å². The summed E-state index contributed by atoms with van der Waals surface area (Å²) < 4.78 is 127. The van der Waals surface area contributed by atoms with Crippen LogP contribution in [0.3, 0.4) is 0 Å². The van der Waals surface area contributed by atoms with Crippen LogP contribution in [0.1, 0.15) is 92.9 Å². The Morgan fingerprint density at radius 2 is 0.944 bits per heavy atom. The highest BCUT2D eigenvalue weighted by atomic mass is 19.4. The topological polar surface area (TPSA) is 95.5 Å². The lowest BCUT2D eigenvalue weighted by Crippen LogP contribution is -2.76. The smallest absolute Gasteiger partial charge is 0.341 e. The maximum absolute atomic E-state index is 15.2. The lowest BCUT2D eigenvalue weighted by atomic mass is 9.57. The van der Waals surface area contributed by atoms with Gasteiger partial charge in [0.25, 0.3) is 11.6 Å². The average molecular weight is 788 g/mol. The van der Waals surface area contributed by atoms with Gasteiger partial charge < -0.3 is 33.3 Å². The minimum atomic E-state index is -4.95. The van der Waals surface area contributed by atoms with Crippen LogP contribution in [0, 0.1) is 47.3 Å². The molecule has 310 valence electrons. The molecule has 0 aromatic rings. The van der Waals surface area contributed by atoms with Crippen molar-refractivity contribution in [3.05, 3.63) is 0 Å². The van der Waals surface area contributed by atoms with Crippen molar-refractivity contribution < 1.29 is 74.3 Å². The standard InChI is InChI=1S/C37H55F6NO10/c1-20-8-10-26-22(3)34(36(38,39)40,49-28-32(26)24(20)12-14-30(5,47-28)51-53-32)45-18-16-44(7)17-19-46-35(37(41,42)43)23(4)27-11-9-21(2)25-13-15-31(6)48-29(50-35)33(25,27)54-52-31/h20-29H,8-19H2,1-7H3/t20-,21-,22-,23-,24+,25+,26+,27+,28+,29+,30-,31-,32-,33-,34-,35-/m1/s1. The number of hydrogen-bond acceptors (Lipinski definition) is 11. The minimum absolute atomic E-state index is 0.0639. The maximum atomic E-state index is 15.2. The van der Waals surface area contributed by atoms with E-state index >= 15 is 26.3 Å². The third kappa shape index (κ3) is 5.63. The number of rotatable bonds is 8. The van der Waals surface area contributed by atoms with E-state index in [2.05, 4.69) is 13.8 Å². The molecule has 8 saturated heterocycles. The second-order valence-electron chi connectivity index (χ2n) is 18.0. The normalized spacial score (nSPS) is 52.8. The molecule has 2 spiro atoms. The Morgan fingerprint density at radius 1 is 0.556 bits per heavy atom. The summed E-state index contributed by atoms with van der Waals surface area (Å²) in [7, 11) is 1.58. The zero-order valence-electron chi connectivity index (χ0n) is 32.1. The highest BCUT2D eigenvalue weighted by Crippen LogP contribution is 2.66. The van der Waals surface area contributed by atoms with Gasteiger partial charge in [-0.15, -0.1) is 0 Å². The molecule has 10 aliphatic rings. The summed E-state index contributed by atoms with van der Waals surface area (Å²) in [6.45, 7) is 9.35. The van der Waals surface area contributed by atoms with Crippen molar-refractivity contribution in [1.29, 1.82) is 0 Å². The fourth-order valence-electron chi connectivity index (χ4n) is 11.8. The number of nitrogens with zero attached hydrogens (tertiary/aromatic N) is 1. The molecular formula is C37H55F6NO10. The van der Waals surface area contributed by atoms with Crippen LogP contribution in [0.15, 0.2) is 0 Å². The number of likely N-dealkylation sites (N-methyl/N-ethyl adjacent to an activating group) is 1. The summed E-state index contributed by atoms with van der Waals surface area (Å²) in [6, 6.07) is 0. The monoisotopic (exact) mass is 787 g/mol. The van der Waals surface area contributed by atoms with E-state index in [0.717, 1.165) is 0 Å².